The lowest BCUT2D eigenvalue weighted by Crippen LogP contribution is -2.53. The molecule has 8 nitrogen and oxygen atoms in total. The van der Waals surface area contributed by atoms with E-state index < -0.39 is 12.0 Å². The number of hydrogen-bond donors (Lipinski definition) is 2. The van der Waals surface area contributed by atoms with Crippen LogP contribution in [0.15, 0.2) is 18.2 Å². The van der Waals surface area contributed by atoms with E-state index in [1.165, 1.54) is 12.1 Å². The monoisotopic (exact) mass is 361 g/mol. The second-order valence-electron chi connectivity index (χ2n) is 6.69. The standard InChI is InChI=1S/C18H23N3O5/c1-12-2-3-13(18(25)26)10-14(12)21-16(23)11-15(17(21)24)20-6-4-19(5-7-20)8-9-22/h2-3,10,15,22H,4-9,11H2,1H3,(H,25,26)/t15-/m1/s1. The highest BCUT2D eigenvalue weighted by Gasteiger charge is 2.43. The first-order valence-electron chi connectivity index (χ1n) is 8.70. The molecule has 2 N–H and O–H groups in total. The molecule has 0 aromatic heterocycles. The van der Waals surface area contributed by atoms with Gasteiger partial charge in [-0.1, -0.05) is 6.07 Å². The van der Waals surface area contributed by atoms with Crippen LogP contribution < -0.4 is 4.90 Å². The number of carbonyl (C=O) groups is 3. The topological polar surface area (TPSA) is 101 Å². The predicted octanol–water partition coefficient (Wildman–Crippen LogP) is -0.0650. The number of benzene rings is 1. The lowest BCUT2D eigenvalue weighted by atomic mass is 10.1. The number of aliphatic hydroxyl groups excluding tert-OH is 1. The van der Waals surface area contributed by atoms with Gasteiger partial charge in [0.05, 0.1) is 30.3 Å². The molecule has 0 unspecified atom stereocenters. The number of rotatable bonds is 5. The van der Waals surface area contributed by atoms with Gasteiger partial charge in [0.1, 0.15) is 0 Å². The van der Waals surface area contributed by atoms with Crippen LogP contribution in [0.1, 0.15) is 22.3 Å². The summed E-state index contributed by atoms with van der Waals surface area (Å²) < 4.78 is 0. The van der Waals surface area contributed by atoms with E-state index in [4.69, 9.17) is 5.11 Å². The maximum atomic E-state index is 12.9. The molecule has 2 aliphatic heterocycles. The third-order valence-electron chi connectivity index (χ3n) is 5.08. The number of carboxylic acid groups (broad SMARTS) is 1. The summed E-state index contributed by atoms with van der Waals surface area (Å²) in [6.07, 6.45) is 0.107. The summed E-state index contributed by atoms with van der Waals surface area (Å²) in [7, 11) is 0. The quantitative estimate of drug-likeness (QED) is 0.708. The van der Waals surface area contributed by atoms with Crippen molar-refractivity contribution in [2.75, 3.05) is 44.2 Å². The van der Waals surface area contributed by atoms with Gasteiger partial charge < -0.3 is 10.2 Å². The number of aromatic carboxylic acids is 1. The van der Waals surface area contributed by atoms with Crippen LogP contribution in [0.2, 0.25) is 0 Å². The molecule has 8 heteroatoms. The van der Waals surface area contributed by atoms with Crippen LogP contribution in [0.3, 0.4) is 0 Å². The molecular formula is C18H23N3O5. The Morgan fingerprint density at radius 2 is 1.88 bits per heavy atom. The van der Waals surface area contributed by atoms with E-state index in [1.807, 2.05) is 4.90 Å². The van der Waals surface area contributed by atoms with Gasteiger partial charge in [-0.2, -0.15) is 0 Å². The molecule has 140 valence electrons. The minimum atomic E-state index is -1.10. The Bertz CT molecular complexity index is 728. The van der Waals surface area contributed by atoms with Crippen molar-refractivity contribution >= 4 is 23.5 Å². The fourth-order valence-electron chi connectivity index (χ4n) is 3.58. The minimum absolute atomic E-state index is 0.0484. The zero-order valence-electron chi connectivity index (χ0n) is 14.7. The highest BCUT2D eigenvalue weighted by Crippen LogP contribution is 2.29. The summed E-state index contributed by atoms with van der Waals surface area (Å²) in [5.41, 5.74) is 1.08. The van der Waals surface area contributed by atoms with Crippen molar-refractivity contribution in [2.45, 2.75) is 19.4 Å². The summed E-state index contributed by atoms with van der Waals surface area (Å²) >= 11 is 0. The minimum Gasteiger partial charge on any atom is -0.478 e. The first-order valence-corrected chi connectivity index (χ1v) is 8.70. The number of anilines is 1. The largest absolute Gasteiger partial charge is 0.478 e. The number of aryl methyl sites for hydroxylation is 1. The molecule has 0 bridgehead atoms. The summed E-state index contributed by atoms with van der Waals surface area (Å²) in [6.45, 7) is 5.27. The third-order valence-corrected chi connectivity index (χ3v) is 5.08. The number of hydrogen-bond acceptors (Lipinski definition) is 6. The molecule has 0 spiro atoms. The molecule has 2 saturated heterocycles. The summed E-state index contributed by atoms with van der Waals surface area (Å²) in [5, 5.41) is 18.2. The van der Waals surface area contributed by atoms with E-state index in [0.29, 0.717) is 30.9 Å². The van der Waals surface area contributed by atoms with Crippen LogP contribution in [-0.4, -0.2) is 83.2 Å². The summed E-state index contributed by atoms with van der Waals surface area (Å²) in [6, 6.07) is 3.95. The van der Waals surface area contributed by atoms with Gasteiger partial charge in [-0.3, -0.25) is 19.4 Å². The number of amides is 2. The van der Waals surface area contributed by atoms with Crippen LogP contribution >= 0.6 is 0 Å². The van der Waals surface area contributed by atoms with Gasteiger partial charge in [0, 0.05) is 32.7 Å². The Hall–Kier alpha value is -2.29. The zero-order chi connectivity index (χ0) is 18.8. The second kappa shape index (κ2) is 7.53. The van der Waals surface area contributed by atoms with Crippen molar-refractivity contribution in [3.8, 4) is 0 Å². The van der Waals surface area contributed by atoms with Crippen molar-refractivity contribution in [2.24, 2.45) is 0 Å². The zero-order valence-corrected chi connectivity index (χ0v) is 14.7. The van der Waals surface area contributed by atoms with Gasteiger partial charge >= 0.3 is 5.97 Å². The summed E-state index contributed by atoms with van der Waals surface area (Å²) in [4.78, 5) is 41.9. The second-order valence-corrected chi connectivity index (χ2v) is 6.69. The predicted molar refractivity (Wildman–Crippen MR) is 94.1 cm³/mol. The third kappa shape index (κ3) is 3.48. The maximum absolute atomic E-state index is 12.9. The highest BCUT2D eigenvalue weighted by atomic mass is 16.4. The van der Waals surface area contributed by atoms with E-state index in [1.54, 1.807) is 13.0 Å². The Balaban J connectivity index is 1.78. The van der Waals surface area contributed by atoms with E-state index in [-0.39, 0.29) is 30.4 Å². The fraction of sp³-hybridized carbons (Fsp3) is 0.500. The van der Waals surface area contributed by atoms with Crippen LogP contribution in [0.4, 0.5) is 5.69 Å². The van der Waals surface area contributed by atoms with Crippen LogP contribution in [0.5, 0.6) is 0 Å². The molecule has 3 rings (SSSR count). The summed E-state index contributed by atoms with van der Waals surface area (Å²) in [5.74, 6) is -1.69. The van der Waals surface area contributed by atoms with E-state index >= 15 is 0 Å². The fourth-order valence-corrected chi connectivity index (χ4v) is 3.58. The molecular weight excluding hydrogens is 338 g/mol. The average molecular weight is 361 g/mol. The molecule has 1 aromatic carbocycles. The molecule has 1 atom stereocenters. The van der Waals surface area contributed by atoms with Gasteiger partial charge in [0.15, 0.2) is 0 Å². The van der Waals surface area contributed by atoms with Gasteiger partial charge in [-0.25, -0.2) is 9.69 Å². The van der Waals surface area contributed by atoms with E-state index in [0.717, 1.165) is 18.0 Å². The molecule has 2 heterocycles. The number of nitrogens with zero attached hydrogens (tertiary/aromatic N) is 3. The van der Waals surface area contributed by atoms with Crippen molar-refractivity contribution in [1.82, 2.24) is 9.80 Å². The van der Waals surface area contributed by atoms with Gasteiger partial charge in [0.25, 0.3) is 5.91 Å². The molecule has 26 heavy (non-hydrogen) atoms. The lowest BCUT2D eigenvalue weighted by Gasteiger charge is -2.36. The molecule has 1 aromatic rings. The van der Waals surface area contributed by atoms with Gasteiger partial charge in [0.2, 0.25) is 5.91 Å². The smallest absolute Gasteiger partial charge is 0.335 e. The van der Waals surface area contributed by atoms with E-state index in [2.05, 4.69) is 4.90 Å². The molecule has 0 saturated carbocycles. The van der Waals surface area contributed by atoms with Crippen molar-refractivity contribution in [1.29, 1.82) is 0 Å². The number of carbonyl (C=O) groups excluding carboxylic acids is 2. The molecule has 2 fully saturated rings. The SMILES string of the molecule is Cc1ccc(C(=O)O)cc1N1C(=O)C[C@@H](N2CCN(CCO)CC2)C1=O. The van der Waals surface area contributed by atoms with Crippen molar-refractivity contribution in [3.05, 3.63) is 29.3 Å². The lowest BCUT2D eigenvalue weighted by molar-refractivity contribution is -0.123. The van der Waals surface area contributed by atoms with E-state index in [9.17, 15) is 19.5 Å². The van der Waals surface area contributed by atoms with Crippen molar-refractivity contribution < 1.29 is 24.6 Å². The van der Waals surface area contributed by atoms with Crippen molar-refractivity contribution in [3.63, 3.8) is 0 Å². The van der Waals surface area contributed by atoms with Gasteiger partial charge in [-0.05, 0) is 24.6 Å². The Kier molecular flexibility index (Phi) is 5.36. The van der Waals surface area contributed by atoms with Crippen LogP contribution in [-0.2, 0) is 9.59 Å². The maximum Gasteiger partial charge on any atom is 0.335 e. The van der Waals surface area contributed by atoms with Gasteiger partial charge in [-0.15, -0.1) is 0 Å². The number of imide groups is 1. The van der Waals surface area contributed by atoms with Crippen LogP contribution in [0.25, 0.3) is 0 Å². The molecule has 2 aliphatic rings. The number of β-amino-alcohol motifs (C(OH)–C–C–N with tert-alkyl or cyclic N) is 1. The number of piperazine rings is 1. The van der Waals surface area contributed by atoms with Crippen LogP contribution in [0, 0.1) is 6.92 Å². The average Bonchev–Trinajstić information content (AvgIpc) is 2.91. The Labute approximate surface area is 151 Å². The molecule has 0 radical (unpaired) electrons. The molecule has 0 aliphatic carbocycles. The number of aliphatic hydroxyl groups is 1. The first-order chi connectivity index (χ1) is 12.4. The normalized spacial score (nSPS) is 22.2. The Morgan fingerprint density at radius 3 is 2.50 bits per heavy atom. The highest BCUT2D eigenvalue weighted by molar-refractivity contribution is 6.23. The molecule has 2 amide bonds. The number of carboxylic acids is 1. The first kappa shape index (κ1) is 18.5. The Morgan fingerprint density at radius 1 is 1.19 bits per heavy atom.